The smallest absolute Gasteiger partial charge is 0.231 e. The predicted molar refractivity (Wildman–Crippen MR) is 84.3 cm³/mol. The monoisotopic (exact) mass is 286 g/mol. The Kier molecular flexibility index (Phi) is 4.75. The molecule has 3 N–H and O–H groups in total. The van der Waals surface area contributed by atoms with Crippen LogP contribution in [0.5, 0.6) is 0 Å². The van der Waals surface area contributed by atoms with Crippen LogP contribution in [0.1, 0.15) is 26.7 Å². The Morgan fingerprint density at radius 1 is 1.38 bits per heavy atom. The van der Waals surface area contributed by atoms with Crippen molar-refractivity contribution in [2.75, 3.05) is 11.9 Å². The number of carbonyl (C=O) groups excluding carboxylic acids is 1. The lowest BCUT2D eigenvalue weighted by atomic mass is 9.81. The average Bonchev–Trinajstić information content (AvgIpc) is 3.04. The lowest BCUT2D eigenvalue weighted by Crippen LogP contribution is -2.41. The van der Waals surface area contributed by atoms with E-state index < -0.39 is 5.41 Å². The number of imidazole rings is 1. The Hall–Kier alpha value is -2.14. The van der Waals surface area contributed by atoms with E-state index in [-0.39, 0.29) is 5.91 Å². The number of hydrogen-bond donors (Lipinski definition) is 2. The van der Waals surface area contributed by atoms with Gasteiger partial charge in [0.05, 0.1) is 11.7 Å². The van der Waals surface area contributed by atoms with Gasteiger partial charge >= 0.3 is 0 Å². The first-order valence-corrected chi connectivity index (χ1v) is 7.25. The number of rotatable bonds is 6. The topological polar surface area (TPSA) is 72.9 Å². The third-order valence-electron chi connectivity index (χ3n) is 4.13. The zero-order valence-corrected chi connectivity index (χ0v) is 12.5. The number of nitrogens with zero attached hydrogens (tertiary/aromatic N) is 2. The van der Waals surface area contributed by atoms with Gasteiger partial charge in [0.15, 0.2) is 0 Å². The molecule has 0 atom stereocenters. The zero-order valence-electron chi connectivity index (χ0n) is 12.5. The molecule has 1 aromatic carbocycles. The van der Waals surface area contributed by atoms with Crippen LogP contribution in [0.25, 0.3) is 5.69 Å². The standard InChI is InChI=1S/C16H22N4O/c1-3-16(4-2,11-17)15(21)19-13-6-5-7-14(10-13)20-9-8-18-12-20/h5-10,12H,3-4,11,17H2,1-2H3,(H,19,21). The summed E-state index contributed by atoms with van der Waals surface area (Å²) in [6.07, 6.45) is 6.77. The van der Waals surface area contributed by atoms with E-state index in [4.69, 9.17) is 5.73 Å². The fourth-order valence-corrected chi connectivity index (χ4v) is 2.37. The molecule has 5 nitrogen and oxygen atoms in total. The number of anilines is 1. The van der Waals surface area contributed by atoms with Gasteiger partial charge in [-0.3, -0.25) is 4.79 Å². The van der Waals surface area contributed by atoms with Crippen molar-refractivity contribution in [1.29, 1.82) is 0 Å². The number of nitrogens with two attached hydrogens (primary N) is 1. The second-order valence-electron chi connectivity index (χ2n) is 5.17. The normalized spacial score (nSPS) is 11.4. The number of carbonyl (C=O) groups is 1. The molecule has 1 amide bonds. The van der Waals surface area contributed by atoms with E-state index >= 15 is 0 Å². The summed E-state index contributed by atoms with van der Waals surface area (Å²) < 4.78 is 1.89. The number of hydrogen-bond acceptors (Lipinski definition) is 3. The van der Waals surface area contributed by atoms with Crippen molar-refractivity contribution in [2.24, 2.45) is 11.1 Å². The Labute approximate surface area is 125 Å². The summed E-state index contributed by atoms with van der Waals surface area (Å²) in [5, 5.41) is 2.99. The van der Waals surface area contributed by atoms with E-state index in [2.05, 4.69) is 10.3 Å². The molecule has 2 aromatic rings. The highest BCUT2D eigenvalue weighted by Gasteiger charge is 2.33. The Balaban J connectivity index is 2.20. The summed E-state index contributed by atoms with van der Waals surface area (Å²) >= 11 is 0. The van der Waals surface area contributed by atoms with Gasteiger partial charge in [-0.05, 0) is 31.0 Å². The summed E-state index contributed by atoms with van der Waals surface area (Å²) in [6, 6.07) is 7.68. The summed E-state index contributed by atoms with van der Waals surface area (Å²) in [5.74, 6) is -0.0159. The fourth-order valence-electron chi connectivity index (χ4n) is 2.37. The van der Waals surface area contributed by atoms with Crippen LogP contribution in [0.2, 0.25) is 0 Å². The number of amides is 1. The minimum absolute atomic E-state index is 0.0159. The molecule has 1 heterocycles. The van der Waals surface area contributed by atoms with Crippen LogP contribution in [0.4, 0.5) is 5.69 Å². The minimum atomic E-state index is -0.495. The van der Waals surface area contributed by atoms with Crippen molar-refractivity contribution in [3.05, 3.63) is 43.0 Å². The molecule has 0 unspecified atom stereocenters. The van der Waals surface area contributed by atoms with Gasteiger partial charge in [0.2, 0.25) is 5.91 Å². The predicted octanol–water partition coefficient (Wildman–Crippen LogP) is 2.58. The fraction of sp³-hybridized carbons (Fsp3) is 0.375. The molecular weight excluding hydrogens is 264 g/mol. The SMILES string of the molecule is CCC(CC)(CN)C(=O)Nc1cccc(-n2ccnc2)c1. The van der Waals surface area contributed by atoms with Gasteiger partial charge in [-0.25, -0.2) is 4.98 Å². The molecule has 1 aromatic heterocycles. The zero-order chi connectivity index (χ0) is 15.3. The van der Waals surface area contributed by atoms with Crippen LogP contribution >= 0.6 is 0 Å². The van der Waals surface area contributed by atoms with E-state index in [1.165, 1.54) is 0 Å². The molecule has 0 saturated carbocycles. The molecule has 0 saturated heterocycles. The van der Waals surface area contributed by atoms with Gasteiger partial charge in [-0.2, -0.15) is 0 Å². The molecule has 21 heavy (non-hydrogen) atoms. The van der Waals surface area contributed by atoms with Gasteiger partial charge in [-0.1, -0.05) is 19.9 Å². The Bertz CT molecular complexity index is 580. The first-order valence-electron chi connectivity index (χ1n) is 7.25. The maximum atomic E-state index is 12.5. The second-order valence-corrected chi connectivity index (χ2v) is 5.17. The molecule has 0 aliphatic heterocycles. The number of nitrogens with one attached hydrogen (secondary N) is 1. The Morgan fingerprint density at radius 3 is 2.71 bits per heavy atom. The molecule has 0 fully saturated rings. The van der Waals surface area contributed by atoms with Gasteiger partial charge < -0.3 is 15.6 Å². The van der Waals surface area contributed by atoms with Gasteiger partial charge in [0.1, 0.15) is 0 Å². The number of benzene rings is 1. The van der Waals surface area contributed by atoms with E-state index in [9.17, 15) is 4.79 Å². The van der Waals surface area contributed by atoms with Crippen LogP contribution in [-0.2, 0) is 4.79 Å². The van der Waals surface area contributed by atoms with Crippen molar-refractivity contribution < 1.29 is 4.79 Å². The minimum Gasteiger partial charge on any atom is -0.329 e. The van der Waals surface area contributed by atoms with Gasteiger partial charge in [0.25, 0.3) is 0 Å². The largest absolute Gasteiger partial charge is 0.329 e. The summed E-state index contributed by atoms with van der Waals surface area (Å²) in [6.45, 7) is 4.35. The second kappa shape index (κ2) is 6.54. The van der Waals surface area contributed by atoms with Crippen LogP contribution in [0.15, 0.2) is 43.0 Å². The molecule has 112 valence electrons. The molecule has 0 bridgehead atoms. The third-order valence-corrected chi connectivity index (χ3v) is 4.13. The van der Waals surface area contributed by atoms with E-state index in [1.807, 2.05) is 48.9 Å². The quantitative estimate of drug-likeness (QED) is 0.857. The van der Waals surface area contributed by atoms with Crippen molar-refractivity contribution in [2.45, 2.75) is 26.7 Å². The van der Waals surface area contributed by atoms with Gasteiger partial charge in [0, 0.05) is 30.3 Å². The van der Waals surface area contributed by atoms with Crippen molar-refractivity contribution in [3.8, 4) is 5.69 Å². The lowest BCUT2D eigenvalue weighted by Gasteiger charge is -2.28. The lowest BCUT2D eigenvalue weighted by molar-refractivity contribution is -0.125. The summed E-state index contributed by atoms with van der Waals surface area (Å²) in [5.41, 5.74) is 7.05. The molecular formula is C16H22N4O. The highest BCUT2D eigenvalue weighted by Crippen LogP contribution is 2.27. The van der Waals surface area contributed by atoms with E-state index in [1.54, 1.807) is 12.5 Å². The van der Waals surface area contributed by atoms with Crippen molar-refractivity contribution >= 4 is 11.6 Å². The van der Waals surface area contributed by atoms with Crippen LogP contribution in [0, 0.1) is 5.41 Å². The average molecular weight is 286 g/mol. The highest BCUT2D eigenvalue weighted by atomic mass is 16.2. The number of aromatic nitrogens is 2. The van der Waals surface area contributed by atoms with Crippen LogP contribution < -0.4 is 11.1 Å². The molecule has 0 radical (unpaired) electrons. The Morgan fingerprint density at radius 2 is 2.14 bits per heavy atom. The van der Waals surface area contributed by atoms with Crippen LogP contribution in [-0.4, -0.2) is 22.0 Å². The molecule has 0 spiro atoms. The van der Waals surface area contributed by atoms with Crippen molar-refractivity contribution in [3.63, 3.8) is 0 Å². The highest BCUT2D eigenvalue weighted by molar-refractivity contribution is 5.95. The van der Waals surface area contributed by atoms with E-state index in [0.717, 1.165) is 24.2 Å². The summed E-state index contributed by atoms with van der Waals surface area (Å²) in [7, 11) is 0. The molecule has 5 heteroatoms. The van der Waals surface area contributed by atoms with Crippen LogP contribution in [0.3, 0.4) is 0 Å². The molecule has 0 aliphatic rings. The molecule has 0 aliphatic carbocycles. The van der Waals surface area contributed by atoms with E-state index in [0.29, 0.717) is 6.54 Å². The third kappa shape index (κ3) is 3.13. The maximum absolute atomic E-state index is 12.5. The summed E-state index contributed by atoms with van der Waals surface area (Å²) in [4.78, 5) is 16.5. The van der Waals surface area contributed by atoms with Crippen molar-refractivity contribution in [1.82, 2.24) is 9.55 Å². The maximum Gasteiger partial charge on any atom is 0.231 e. The first-order chi connectivity index (χ1) is 10.1. The molecule has 2 rings (SSSR count). The van der Waals surface area contributed by atoms with Gasteiger partial charge in [-0.15, -0.1) is 0 Å². The first kappa shape index (κ1) is 15.3.